The lowest BCUT2D eigenvalue weighted by Gasteiger charge is -2.31. The van der Waals surface area contributed by atoms with Crippen molar-refractivity contribution in [3.8, 4) is 0 Å². The Bertz CT molecular complexity index is 524. The first-order valence-corrected chi connectivity index (χ1v) is 9.69. The van der Waals surface area contributed by atoms with E-state index < -0.39 is 11.6 Å². The quantitative estimate of drug-likeness (QED) is 0.463. The van der Waals surface area contributed by atoms with Crippen LogP contribution in [0.2, 0.25) is 0 Å². The van der Waals surface area contributed by atoms with Crippen molar-refractivity contribution >= 4 is 18.2 Å². The van der Waals surface area contributed by atoms with Crippen LogP contribution in [0.15, 0.2) is 5.10 Å². The molecule has 0 spiro atoms. The highest BCUT2D eigenvalue weighted by Gasteiger charge is 2.28. The van der Waals surface area contributed by atoms with Gasteiger partial charge in [0.25, 0.3) is 0 Å². The first kappa shape index (κ1) is 25.4. The lowest BCUT2D eigenvalue weighted by molar-refractivity contribution is -0.123. The predicted molar refractivity (Wildman–Crippen MR) is 112 cm³/mol. The van der Waals surface area contributed by atoms with Gasteiger partial charge in [0.1, 0.15) is 0 Å². The Labute approximate surface area is 165 Å². The highest BCUT2D eigenvalue weighted by atomic mass is 16.5. The molecule has 0 aliphatic carbocycles. The van der Waals surface area contributed by atoms with E-state index in [1.165, 1.54) is 0 Å². The highest BCUT2D eigenvalue weighted by Crippen LogP contribution is 2.30. The Kier molecular flexibility index (Phi) is 9.00. The van der Waals surface area contributed by atoms with Crippen LogP contribution in [0.5, 0.6) is 0 Å². The number of alkyl carbamates (subject to hydrolysis) is 1. The summed E-state index contributed by atoms with van der Waals surface area (Å²) in [5.74, 6) is -0.101. The van der Waals surface area contributed by atoms with Crippen LogP contribution >= 0.6 is 0 Å². The number of hydrogen-bond donors (Lipinski definition) is 2. The van der Waals surface area contributed by atoms with E-state index in [4.69, 9.17) is 4.74 Å². The second-order valence-corrected chi connectivity index (χ2v) is 11.1. The van der Waals surface area contributed by atoms with Crippen LogP contribution < -0.4 is 10.7 Å². The van der Waals surface area contributed by atoms with E-state index in [2.05, 4.69) is 15.8 Å². The van der Waals surface area contributed by atoms with Crippen molar-refractivity contribution in [1.29, 1.82) is 0 Å². The smallest absolute Gasteiger partial charge is 0.407 e. The largest absolute Gasteiger partial charge is 0.449 e. The number of nitrogens with one attached hydrogen (secondary N) is 2. The van der Waals surface area contributed by atoms with Crippen molar-refractivity contribution in [2.75, 3.05) is 6.61 Å². The van der Waals surface area contributed by atoms with Crippen LogP contribution in [0, 0.1) is 16.2 Å². The Morgan fingerprint density at radius 1 is 0.926 bits per heavy atom. The maximum absolute atomic E-state index is 12.1. The third-order valence-corrected chi connectivity index (χ3v) is 3.78. The van der Waals surface area contributed by atoms with Gasteiger partial charge in [-0.25, -0.2) is 10.2 Å². The minimum Gasteiger partial charge on any atom is -0.449 e. The van der Waals surface area contributed by atoms with Crippen molar-refractivity contribution in [1.82, 2.24) is 10.7 Å². The standard InChI is InChI=1S/C21H41N3O3/c1-18(2,3)14-22-24-16(25)13-20(7,8)11-12-21(9,10)23-17(26)27-15-19(4,5)6/h14H,11-13,15H2,1-10H3,(H,23,26)(H,24,25)/b22-14+. The molecule has 27 heavy (non-hydrogen) atoms. The normalized spacial score (nSPS) is 13.6. The molecule has 0 unspecified atom stereocenters. The van der Waals surface area contributed by atoms with E-state index in [0.717, 1.165) is 12.8 Å². The van der Waals surface area contributed by atoms with Gasteiger partial charge in [0.05, 0.1) is 6.61 Å². The van der Waals surface area contributed by atoms with E-state index in [1.807, 2.05) is 69.2 Å². The second kappa shape index (κ2) is 9.56. The molecule has 2 amide bonds. The number of carbonyl (C=O) groups is 2. The second-order valence-electron chi connectivity index (χ2n) is 11.1. The number of amides is 2. The fourth-order valence-corrected chi connectivity index (χ4v) is 2.17. The summed E-state index contributed by atoms with van der Waals surface area (Å²) < 4.78 is 5.28. The Balaban J connectivity index is 4.45. The molecule has 0 aromatic heterocycles. The van der Waals surface area contributed by atoms with Crippen LogP contribution in [0.25, 0.3) is 0 Å². The number of hydrogen-bond acceptors (Lipinski definition) is 4. The molecule has 0 rings (SSSR count). The van der Waals surface area contributed by atoms with Crippen molar-refractivity contribution in [2.45, 2.75) is 94.0 Å². The predicted octanol–water partition coefficient (Wildman–Crippen LogP) is 4.88. The van der Waals surface area contributed by atoms with Gasteiger partial charge in [-0.3, -0.25) is 4.79 Å². The topological polar surface area (TPSA) is 79.8 Å². The third kappa shape index (κ3) is 15.2. The molecule has 0 aliphatic rings. The third-order valence-electron chi connectivity index (χ3n) is 3.78. The Morgan fingerprint density at radius 2 is 1.48 bits per heavy atom. The molecule has 2 N–H and O–H groups in total. The van der Waals surface area contributed by atoms with Crippen LogP contribution in [0.1, 0.15) is 88.5 Å². The van der Waals surface area contributed by atoms with Crippen molar-refractivity contribution in [2.24, 2.45) is 21.3 Å². The van der Waals surface area contributed by atoms with Crippen LogP contribution in [0.4, 0.5) is 4.79 Å². The van der Waals surface area contributed by atoms with Gasteiger partial charge in [-0.05, 0) is 42.9 Å². The SMILES string of the molecule is CC(C)(C)/C=N/NC(=O)CC(C)(C)CCC(C)(C)NC(=O)OCC(C)(C)C. The van der Waals surface area contributed by atoms with Crippen molar-refractivity contribution < 1.29 is 14.3 Å². The zero-order valence-corrected chi connectivity index (χ0v) is 19.1. The van der Waals surface area contributed by atoms with Crippen molar-refractivity contribution in [3.63, 3.8) is 0 Å². The maximum Gasteiger partial charge on any atom is 0.407 e. The molecule has 0 aromatic rings. The van der Waals surface area contributed by atoms with Crippen molar-refractivity contribution in [3.05, 3.63) is 0 Å². The molecule has 158 valence electrons. The van der Waals surface area contributed by atoms with Crippen LogP contribution in [0.3, 0.4) is 0 Å². The first-order valence-electron chi connectivity index (χ1n) is 9.69. The van der Waals surface area contributed by atoms with Gasteiger partial charge in [-0.15, -0.1) is 0 Å². The lowest BCUT2D eigenvalue weighted by atomic mass is 9.80. The van der Waals surface area contributed by atoms with Gasteiger partial charge in [-0.2, -0.15) is 5.10 Å². The molecule has 0 radical (unpaired) electrons. The molecule has 6 heteroatoms. The van der Waals surface area contributed by atoms with Crippen LogP contribution in [-0.4, -0.2) is 30.4 Å². The lowest BCUT2D eigenvalue weighted by Crippen LogP contribution is -2.45. The van der Waals surface area contributed by atoms with Gasteiger partial charge in [-0.1, -0.05) is 55.4 Å². The number of rotatable bonds is 8. The van der Waals surface area contributed by atoms with E-state index in [1.54, 1.807) is 6.21 Å². The molecule has 6 nitrogen and oxygen atoms in total. The summed E-state index contributed by atoms with van der Waals surface area (Å²) >= 11 is 0. The Hall–Kier alpha value is -1.59. The first-order chi connectivity index (χ1) is 11.9. The summed E-state index contributed by atoms with van der Waals surface area (Å²) in [4.78, 5) is 24.1. The molecular formula is C21H41N3O3. The summed E-state index contributed by atoms with van der Waals surface area (Å²) in [6, 6.07) is 0. The molecule has 0 aromatic carbocycles. The molecule has 0 bridgehead atoms. The summed E-state index contributed by atoms with van der Waals surface area (Å²) in [5.41, 5.74) is 1.86. The molecule has 0 atom stereocenters. The van der Waals surface area contributed by atoms with E-state index in [-0.39, 0.29) is 22.2 Å². The van der Waals surface area contributed by atoms with Gasteiger partial charge >= 0.3 is 6.09 Å². The molecule has 0 saturated carbocycles. The fourth-order valence-electron chi connectivity index (χ4n) is 2.17. The number of nitrogens with zero attached hydrogens (tertiary/aromatic N) is 1. The van der Waals surface area contributed by atoms with E-state index >= 15 is 0 Å². The summed E-state index contributed by atoms with van der Waals surface area (Å²) in [6.07, 6.45) is 3.23. The number of carbonyl (C=O) groups excluding carboxylic acids is 2. The van der Waals surface area contributed by atoms with Gasteiger partial charge in [0, 0.05) is 18.2 Å². The summed E-state index contributed by atoms with van der Waals surface area (Å²) in [7, 11) is 0. The average Bonchev–Trinajstić information content (AvgIpc) is 2.40. The summed E-state index contributed by atoms with van der Waals surface area (Å²) in [5, 5.41) is 6.94. The monoisotopic (exact) mass is 383 g/mol. The highest BCUT2D eigenvalue weighted by molar-refractivity contribution is 5.77. The molecular weight excluding hydrogens is 342 g/mol. The minimum absolute atomic E-state index is 0.0632. The van der Waals surface area contributed by atoms with E-state index in [0.29, 0.717) is 13.0 Å². The van der Waals surface area contributed by atoms with Gasteiger partial charge in [0.2, 0.25) is 5.91 Å². The molecule has 0 aliphatic heterocycles. The molecule has 0 heterocycles. The van der Waals surface area contributed by atoms with Gasteiger partial charge in [0.15, 0.2) is 0 Å². The Morgan fingerprint density at radius 3 is 1.96 bits per heavy atom. The zero-order chi connectivity index (χ0) is 21.5. The van der Waals surface area contributed by atoms with Gasteiger partial charge < -0.3 is 10.1 Å². The number of hydrazone groups is 1. The number of ether oxygens (including phenoxy) is 1. The van der Waals surface area contributed by atoms with E-state index in [9.17, 15) is 9.59 Å². The molecule has 0 fully saturated rings. The average molecular weight is 384 g/mol. The summed E-state index contributed by atoms with van der Waals surface area (Å²) in [6.45, 7) is 20.5. The molecule has 0 saturated heterocycles. The minimum atomic E-state index is -0.410. The van der Waals surface area contributed by atoms with Crippen LogP contribution in [-0.2, 0) is 9.53 Å². The zero-order valence-electron chi connectivity index (χ0n) is 19.1. The fraction of sp³-hybridized carbons (Fsp3) is 0.857. The maximum atomic E-state index is 12.1.